The second-order valence-corrected chi connectivity index (χ2v) is 4.24. The molecule has 0 saturated carbocycles. The van der Waals surface area contributed by atoms with Gasteiger partial charge in [-0.25, -0.2) is 0 Å². The first-order chi connectivity index (χ1) is 7.78. The molecule has 0 aromatic rings. The molecule has 4 nitrogen and oxygen atoms in total. The van der Waals surface area contributed by atoms with E-state index in [4.69, 9.17) is 10.2 Å². The quantitative estimate of drug-likeness (QED) is 0.391. The number of hydrogen-bond donors (Lipinski definition) is 4. The highest BCUT2D eigenvalue weighted by Crippen LogP contribution is 1.96. The monoisotopic (exact) mass is 232 g/mol. The molecule has 0 saturated heterocycles. The van der Waals surface area contributed by atoms with Crippen LogP contribution in [0.5, 0.6) is 0 Å². The predicted octanol–water partition coefficient (Wildman–Crippen LogP) is 0.488. The number of aliphatic hydroxyl groups excluding tert-OH is 2. The van der Waals surface area contributed by atoms with Gasteiger partial charge in [-0.2, -0.15) is 0 Å². The van der Waals surface area contributed by atoms with Crippen molar-refractivity contribution in [1.29, 1.82) is 0 Å². The summed E-state index contributed by atoms with van der Waals surface area (Å²) in [6.45, 7) is 6.31. The lowest BCUT2D eigenvalue weighted by atomic mass is 10.1. The third kappa shape index (κ3) is 8.05. The van der Waals surface area contributed by atoms with E-state index in [0.29, 0.717) is 0 Å². The van der Waals surface area contributed by atoms with E-state index in [1.165, 1.54) is 0 Å². The maximum absolute atomic E-state index is 9.07. The Hall–Kier alpha value is -0.160. The van der Waals surface area contributed by atoms with Crippen LogP contribution in [-0.4, -0.2) is 48.6 Å². The molecular weight excluding hydrogens is 204 g/mol. The van der Waals surface area contributed by atoms with E-state index in [0.717, 1.165) is 38.8 Å². The van der Waals surface area contributed by atoms with Gasteiger partial charge in [0, 0.05) is 25.2 Å². The summed E-state index contributed by atoms with van der Waals surface area (Å²) in [4.78, 5) is 0. The fourth-order valence-corrected chi connectivity index (χ4v) is 1.77. The molecule has 0 bridgehead atoms. The number of aliphatic hydroxyl groups is 2. The van der Waals surface area contributed by atoms with Crippen LogP contribution in [0.1, 0.15) is 39.5 Å². The molecule has 2 atom stereocenters. The molecule has 0 unspecified atom stereocenters. The summed E-state index contributed by atoms with van der Waals surface area (Å²) >= 11 is 0. The molecule has 0 aliphatic heterocycles. The Kier molecular flexibility index (Phi) is 11.2. The van der Waals surface area contributed by atoms with Gasteiger partial charge in [0.05, 0.1) is 13.2 Å². The molecule has 0 aliphatic rings. The average Bonchev–Trinajstić information content (AvgIpc) is 2.31. The Morgan fingerprint density at radius 3 is 1.44 bits per heavy atom. The molecule has 0 fully saturated rings. The predicted molar refractivity (Wildman–Crippen MR) is 67.6 cm³/mol. The molecule has 0 heterocycles. The van der Waals surface area contributed by atoms with Crippen molar-refractivity contribution in [2.45, 2.75) is 51.6 Å². The molecule has 0 rings (SSSR count). The van der Waals surface area contributed by atoms with Crippen LogP contribution in [0.4, 0.5) is 0 Å². The summed E-state index contributed by atoms with van der Waals surface area (Å²) in [7, 11) is 0. The van der Waals surface area contributed by atoms with E-state index < -0.39 is 0 Å². The lowest BCUT2D eigenvalue weighted by molar-refractivity contribution is 0.224. The largest absolute Gasteiger partial charge is 0.395 e. The van der Waals surface area contributed by atoms with E-state index in [1.807, 2.05) is 0 Å². The summed E-state index contributed by atoms with van der Waals surface area (Å²) < 4.78 is 0. The van der Waals surface area contributed by atoms with Crippen molar-refractivity contribution in [2.24, 2.45) is 0 Å². The highest BCUT2D eigenvalue weighted by molar-refractivity contribution is 4.68. The Bertz CT molecular complexity index is 129. The normalized spacial score (nSPS) is 15.0. The molecule has 0 amide bonds. The van der Waals surface area contributed by atoms with Crippen LogP contribution in [0.2, 0.25) is 0 Å². The van der Waals surface area contributed by atoms with Crippen LogP contribution in [0, 0.1) is 0 Å². The van der Waals surface area contributed by atoms with Gasteiger partial charge in [-0.1, -0.05) is 26.7 Å². The van der Waals surface area contributed by atoms with Crippen LogP contribution in [0.3, 0.4) is 0 Å². The smallest absolute Gasteiger partial charge is 0.0584 e. The first kappa shape index (κ1) is 15.8. The molecule has 0 radical (unpaired) electrons. The standard InChI is InChI=1S/C12H28N2O2/c1-3-5-11(9-15)13-7-8-14-12(10-16)6-4-2/h11-16H,3-10H2,1-2H3/t11-,12+. The number of rotatable bonds is 11. The Balaban J connectivity index is 3.48. The highest BCUT2D eigenvalue weighted by Gasteiger charge is 2.06. The highest BCUT2D eigenvalue weighted by atomic mass is 16.3. The van der Waals surface area contributed by atoms with Crippen LogP contribution < -0.4 is 10.6 Å². The lowest BCUT2D eigenvalue weighted by Crippen LogP contribution is -2.41. The summed E-state index contributed by atoms with van der Waals surface area (Å²) in [6.07, 6.45) is 4.19. The van der Waals surface area contributed by atoms with E-state index in [2.05, 4.69) is 24.5 Å². The molecule has 0 aromatic carbocycles. The van der Waals surface area contributed by atoms with Gasteiger partial charge in [0.15, 0.2) is 0 Å². The average molecular weight is 232 g/mol. The van der Waals surface area contributed by atoms with Gasteiger partial charge >= 0.3 is 0 Å². The Labute approximate surface area is 99.4 Å². The van der Waals surface area contributed by atoms with Gasteiger partial charge in [-0.3, -0.25) is 0 Å². The lowest BCUT2D eigenvalue weighted by Gasteiger charge is -2.18. The van der Waals surface area contributed by atoms with Gasteiger partial charge < -0.3 is 20.8 Å². The molecule has 0 spiro atoms. The van der Waals surface area contributed by atoms with Gasteiger partial charge in [0.2, 0.25) is 0 Å². The maximum Gasteiger partial charge on any atom is 0.0584 e. The van der Waals surface area contributed by atoms with Crippen LogP contribution in [0.15, 0.2) is 0 Å². The van der Waals surface area contributed by atoms with E-state index in [1.54, 1.807) is 0 Å². The molecule has 4 N–H and O–H groups in total. The summed E-state index contributed by atoms with van der Waals surface area (Å²) in [6, 6.07) is 0.427. The maximum atomic E-state index is 9.07. The van der Waals surface area contributed by atoms with Crippen molar-refractivity contribution >= 4 is 0 Å². The van der Waals surface area contributed by atoms with E-state index in [-0.39, 0.29) is 25.3 Å². The Morgan fingerprint density at radius 1 is 0.812 bits per heavy atom. The third-order valence-corrected chi connectivity index (χ3v) is 2.71. The van der Waals surface area contributed by atoms with Crippen molar-refractivity contribution in [3.63, 3.8) is 0 Å². The van der Waals surface area contributed by atoms with Gasteiger partial charge in [0.1, 0.15) is 0 Å². The molecule has 16 heavy (non-hydrogen) atoms. The SMILES string of the molecule is CCC[C@@H](CO)NCCN[C@@H](CO)CCC. The van der Waals surface area contributed by atoms with Gasteiger partial charge in [-0.15, -0.1) is 0 Å². The van der Waals surface area contributed by atoms with Crippen LogP contribution in [0.25, 0.3) is 0 Å². The van der Waals surface area contributed by atoms with E-state index >= 15 is 0 Å². The molecular formula is C12H28N2O2. The van der Waals surface area contributed by atoms with Crippen molar-refractivity contribution in [1.82, 2.24) is 10.6 Å². The molecule has 0 aliphatic carbocycles. The summed E-state index contributed by atoms with van der Waals surface area (Å²) in [5.74, 6) is 0. The molecule has 0 aromatic heterocycles. The second-order valence-electron chi connectivity index (χ2n) is 4.24. The minimum atomic E-state index is 0.201. The number of nitrogens with one attached hydrogen (secondary N) is 2. The zero-order valence-corrected chi connectivity index (χ0v) is 10.7. The minimum absolute atomic E-state index is 0.201. The van der Waals surface area contributed by atoms with Crippen molar-refractivity contribution in [2.75, 3.05) is 26.3 Å². The number of hydrogen-bond acceptors (Lipinski definition) is 4. The summed E-state index contributed by atoms with van der Waals surface area (Å²) in [5, 5.41) is 24.7. The minimum Gasteiger partial charge on any atom is -0.395 e. The van der Waals surface area contributed by atoms with Gasteiger partial charge in [-0.05, 0) is 12.8 Å². The third-order valence-electron chi connectivity index (χ3n) is 2.71. The molecule has 4 heteroatoms. The topological polar surface area (TPSA) is 64.5 Å². The van der Waals surface area contributed by atoms with Crippen molar-refractivity contribution in [3.8, 4) is 0 Å². The molecule has 98 valence electrons. The van der Waals surface area contributed by atoms with Crippen molar-refractivity contribution < 1.29 is 10.2 Å². The van der Waals surface area contributed by atoms with Gasteiger partial charge in [0.25, 0.3) is 0 Å². The zero-order chi connectivity index (χ0) is 12.2. The van der Waals surface area contributed by atoms with Crippen LogP contribution in [-0.2, 0) is 0 Å². The first-order valence-electron chi connectivity index (χ1n) is 6.46. The zero-order valence-electron chi connectivity index (χ0n) is 10.7. The Morgan fingerprint density at radius 2 is 1.19 bits per heavy atom. The van der Waals surface area contributed by atoms with Crippen LogP contribution >= 0.6 is 0 Å². The van der Waals surface area contributed by atoms with E-state index in [9.17, 15) is 0 Å². The van der Waals surface area contributed by atoms with Crippen molar-refractivity contribution in [3.05, 3.63) is 0 Å². The summed E-state index contributed by atoms with van der Waals surface area (Å²) in [5.41, 5.74) is 0. The fourth-order valence-electron chi connectivity index (χ4n) is 1.77. The first-order valence-corrected chi connectivity index (χ1v) is 6.46. The second kappa shape index (κ2) is 11.3. The fraction of sp³-hybridized carbons (Fsp3) is 1.00.